The number of rotatable bonds is 4. The third-order valence-electron chi connectivity index (χ3n) is 6.01. The number of fused-ring (bicyclic) bond motifs is 3. The number of carbonyl (C=O) groups excluding carboxylic acids is 1. The van der Waals surface area contributed by atoms with Crippen LogP contribution in [0.2, 0.25) is 0 Å². The maximum Gasteiger partial charge on any atom is 0.263 e. The maximum absolute atomic E-state index is 13.4. The molecule has 0 aliphatic heterocycles. The summed E-state index contributed by atoms with van der Waals surface area (Å²) < 4.78 is 1.41. The van der Waals surface area contributed by atoms with Crippen molar-refractivity contribution < 1.29 is 4.79 Å². The van der Waals surface area contributed by atoms with Gasteiger partial charge in [0.25, 0.3) is 5.56 Å². The van der Waals surface area contributed by atoms with E-state index in [4.69, 9.17) is 0 Å². The van der Waals surface area contributed by atoms with Crippen LogP contribution in [-0.4, -0.2) is 15.3 Å². The van der Waals surface area contributed by atoms with Crippen molar-refractivity contribution in [2.45, 2.75) is 6.54 Å². The van der Waals surface area contributed by atoms with E-state index < -0.39 is 0 Å². The van der Waals surface area contributed by atoms with Crippen molar-refractivity contribution in [1.29, 1.82) is 0 Å². The van der Waals surface area contributed by atoms with Gasteiger partial charge in [0.1, 0.15) is 4.83 Å². The topological polar surface area (TPSA) is 52.0 Å². The molecule has 0 fully saturated rings. The molecular formula is C28H18N2O2S. The van der Waals surface area contributed by atoms with Crippen molar-refractivity contribution in [3.63, 3.8) is 0 Å². The van der Waals surface area contributed by atoms with Crippen LogP contribution in [0.3, 0.4) is 0 Å². The summed E-state index contributed by atoms with van der Waals surface area (Å²) in [6, 6.07) is 27.9. The quantitative estimate of drug-likeness (QED) is 0.298. The van der Waals surface area contributed by atoms with Crippen molar-refractivity contribution >= 4 is 48.9 Å². The molecule has 5 heteroatoms. The largest absolute Gasteiger partial charge is 0.292 e. The predicted molar refractivity (Wildman–Crippen MR) is 135 cm³/mol. The summed E-state index contributed by atoms with van der Waals surface area (Å²) in [5.41, 5.74) is 2.21. The number of benzene rings is 4. The molecule has 0 amide bonds. The van der Waals surface area contributed by atoms with E-state index in [1.54, 1.807) is 0 Å². The molecule has 2 heterocycles. The van der Waals surface area contributed by atoms with Crippen LogP contribution in [0.5, 0.6) is 0 Å². The summed E-state index contributed by atoms with van der Waals surface area (Å²) in [5.74, 6) is -0.119. The summed E-state index contributed by atoms with van der Waals surface area (Å²) in [6.45, 7) is -0.0485. The van der Waals surface area contributed by atoms with Gasteiger partial charge >= 0.3 is 0 Å². The fourth-order valence-corrected chi connectivity index (χ4v) is 5.16. The third-order valence-corrected chi connectivity index (χ3v) is 6.89. The Bertz CT molecular complexity index is 1750. The average Bonchev–Trinajstić information content (AvgIpc) is 3.30. The van der Waals surface area contributed by atoms with Crippen molar-refractivity contribution in [1.82, 2.24) is 9.55 Å². The molecule has 0 aliphatic carbocycles. The molecule has 33 heavy (non-hydrogen) atoms. The van der Waals surface area contributed by atoms with Gasteiger partial charge in [0, 0.05) is 16.5 Å². The number of aromatic nitrogens is 2. The minimum Gasteiger partial charge on any atom is -0.292 e. The Kier molecular flexibility index (Phi) is 4.63. The number of ketones is 1. The first kappa shape index (κ1) is 19.6. The Morgan fingerprint density at radius 1 is 0.818 bits per heavy atom. The lowest BCUT2D eigenvalue weighted by Crippen LogP contribution is -2.24. The highest BCUT2D eigenvalue weighted by Crippen LogP contribution is 2.32. The number of thiophene rings is 1. The Morgan fingerprint density at radius 3 is 2.24 bits per heavy atom. The van der Waals surface area contributed by atoms with Crippen molar-refractivity contribution in [3.8, 4) is 11.1 Å². The third kappa shape index (κ3) is 3.43. The Labute approximate surface area is 193 Å². The number of Topliss-reactive ketones (excluding diaryl/α,β-unsaturated/α-hetero) is 1. The number of carbonyl (C=O) groups is 1. The monoisotopic (exact) mass is 446 g/mol. The molecule has 0 radical (unpaired) electrons. The van der Waals surface area contributed by atoms with Crippen LogP contribution in [-0.2, 0) is 6.54 Å². The van der Waals surface area contributed by atoms with Gasteiger partial charge in [-0.1, -0.05) is 72.8 Å². The fraction of sp³-hybridized carbons (Fsp3) is 0.0357. The Hall–Kier alpha value is -4.09. The molecule has 6 rings (SSSR count). The summed E-state index contributed by atoms with van der Waals surface area (Å²) in [4.78, 5) is 31.6. The van der Waals surface area contributed by atoms with Crippen molar-refractivity contribution in [2.75, 3.05) is 0 Å². The normalized spacial score (nSPS) is 11.4. The molecule has 0 bridgehead atoms. The van der Waals surface area contributed by atoms with E-state index in [-0.39, 0.29) is 17.9 Å². The van der Waals surface area contributed by atoms with Gasteiger partial charge in [-0.2, -0.15) is 0 Å². The first-order valence-electron chi connectivity index (χ1n) is 10.7. The molecule has 0 atom stereocenters. The van der Waals surface area contributed by atoms with E-state index in [1.165, 1.54) is 22.2 Å². The van der Waals surface area contributed by atoms with Crippen molar-refractivity contribution in [2.24, 2.45) is 0 Å². The van der Waals surface area contributed by atoms with Gasteiger partial charge in [0.05, 0.1) is 18.3 Å². The van der Waals surface area contributed by atoms with E-state index in [9.17, 15) is 9.59 Å². The van der Waals surface area contributed by atoms with Crippen LogP contribution in [0.15, 0.2) is 101 Å². The van der Waals surface area contributed by atoms with Crippen LogP contribution in [0.25, 0.3) is 42.9 Å². The molecule has 0 saturated carbocycles. The highest BCUT2D eigenvalue weighted by atomic mass is 32.1. The summed E-state index contributed by atoms with van der Waals surface area (Å²) in [7, 11) is 0. The van der Waals surface area contributed by atoms with Gasteiger partial charge in [0.2, 0.25) is 0 Å². The van der Waals surface area contributed by atoms with E-state index in [2.05, 4.69) is 29.2 Å². The van der Waals surface area contributed by atoms with Gasteiger partial charge in [-0.3, -0.25) is 14.2 Å². The molecule has 0 spiro atoms. The van der Waals surface area contributed by atoms with Gasteiger partial charge in [-0.15, -0.1) is 11.3 Å². The zero-order valence-electron chi connectivity index (χ0n) is 17.6. The number of hydrogen-bond acceptors (Lipinski definition) is 4. The summed E-state index contributed by atoms with van der Waals surface area (Å²) in [5, 5.41) is 6.87. The zero-order chi connectivity index (χ0) is 22.4. The van der Waals surface area contributed by atoms with E-state index in [0.717, 1.165) is 32.7 Å². The van der Waals surface area contributed by atoms with Crippen molar-refractivity contribution in [3.05, 3.63) is 113 Å². The maximum atomic E-state index is 13.4. The highest BCUT2D eigenvalue weighted by molar-refractivity contribution is 7.17. The van der Waals surface area contributed by atoms with Crippen LogP contribution in [0, 0.1) is 0 Å². The molecule has 0 N–H and O–H groups in total. The first-order valence-corrected chi connectivity index (χ1v) is 11.5. The molecule has 0 saturated heterocycles. The molecule has 0 aliphatic rings. The lowest BCUT2D eigenvalue weighted by Gasteiger charge is -2.07. The molecule has 0 unspecified atom stereocenters. The van der Waals surface area contributed by atoms with Crippen LogP contribution in [0.4, 0.5) is 0 Å². The molecule has 6 aromatic rings. The molecule has 2 aromatic heterocycles. The van der Waals surface area contributed by atoms with Crippen LogP contribution < -0.4 is 5.56 Å². The van der Waals surface area contributed by atoms with E-state index >= 15 is 0 Å². The Morgan fingerprint density at radius 2 is 1.48 bits per heavy atom. The lowest BCUT2D eigenvalue weighted by atomic mass is 10.0. The number of nitrogens with zero attached hydrogens (tertiary/aromatic N) is 2. The number of hydrogen-bond donors (Lipinski definition) is 0. The second-order valence-electron chi connectivity index (χ2n) is 8.05. The second-order valence-corrected chi connectivity index (χ2v) is 8.91. The van der Waals surface area contributed by atoms with Gasteiger partial charge in [-0.25, -0.2) is 4.98 Å². The Balaban J connectivity index is 1.40. The summed E-state index contributed by atoms with van der Waals surface area (Å²) in [6.07, 6.45) is 1.48. The summed E-state index contributed by atoms with van der Waals surface area (Å²) >= 11 is 1.44. The molecule has 4 nitrogen and oxygen atoms in total. The minimum atomic E-state index is -0.196. The molecule has 158 valence electrons. The average molecular weight is 447 g/mol. The van der Waals surface area contributed by atoms with Crippen LogP contribution in [0.1, 0.15) is 10.4 Å². The van der Waals surface area contributed by atoms with E-state index in [1.807, 2.05) is 66.0 Å². The lowest BCUT2D eigenvalue weighted by molar-refractivity contribution is 0.0971. The molecule has 4 aromatic carbocycles. The first-order chi connectivity index (χ1) is 16.2. The fourth-order valence-electron chi connectivity index (χ4n) is 4.26. The van der Waals surface area contributed by atoms with E-state index in [0.29, 0.717) is 15.8 Å². The van der Waals surface area contributed by atoms with Gasteiger partial charge in [-0.05, 0) is 39.2 Å². The smallest absolute Gasteiger partial charge is 0.263 e. The zero-order valence-corrected chi connectivity index (χ0v) is 18.4. The predicted octanol–water partition coefficient (Wildman–Crippen LogP) is 6.31. The second kappa shape index (κ2) is 7.80. The minimum absolute atomic E-state index is 0.0485. The van der Waals surface area contributed by atoms with Crippen LogP contribution >= 0.6 is 11.3 Å². The SMILES string of the molecule is O=C(Cn1cnc2scc(-c3ccc4ccccc4c3)c2c1=O)c1ccc2ccccc2c1. The van der Waals surface area contributed by atoms with Gasteiger partial charge in [0.15, 0.2) is 5.78 Å². The standard InChI is InChI=1S/C28H18N2O2S/c31-25(23-12-10-19-6-2-4-8-21(19)14-23)15-30-17-29-27-26(28(30)32)24(16-33-27)22-11-9-18-5-1-3-7-20(18)13-22/h1-14,16-17H,15H2. The molecular weight excluding hydrogens is 428 g/mol. The van der Waals surface area contributed by atoms with Gasteiger partial charge < -0.3 is 0 Å². The highest BCUT2D eigenvalue weighted by Gasteiger charge is 2.16.